The molecular formula is C24H30N2O3. The summed E-state index contributed by atoms with van der Waals surface area (Å²) in [4.78, 5) is 4.26. The summed E-state index contributed by atoms with van der Waals surface area (Å²) in [5.41, 5.74) is 3.42. The first-order chi connectivity index (χ1) is 14.0. The fourth-order valence-electron chi connectivity index (χ4n) is 3.22. The molecule has 2 aromatic carbocycles. The summed E-state index contributed by atoms with van der Waals surface area (Å²) in [5.74, 6) is 1.69. The van der Waals surface area contributed by atoms with E-state index in [1.807, 2.05) is 57.4 Å². The van der Waals surface area contributed by atoms with Gasteiger partial charge in [0.15, 0.2) is 0 Å². The number of aryl methyl sites for hydroxylation is 1. The second-order valence-electron chi connectivity index (χ2n) is 7.54. The molecule has 0 spiro atoms. The minimum absolute atomic E-state index is 0.249. The van der Waals surface area contributed by atoms with E-state index in [0.29, 0.717) is 13.1 Å². The van der Waals surface area contributed by atoms with Crippen molar-refractivity contribution in [2.75, 3.05) is 32.1 Å². The Labute approximate surface area is 173 Å². The topological polar surface area (TPSA) is 49.1 Å². The fourth-order valence-corrected chi connectivity index (χ4v) is 3.22. The minimum Gasteiger partial charge on any atom is -0.491 e. The van der Waals surface area contributed by atoms with E-state index >= 15 is 0 Å². The van der Waals surface area contributed by atoms with E-state index in [-0.39, 0.29) is 6.61 Å². The number of anilines is 1. The molecule has 3 aromatic rings. The molecule has 154 valence electrons. The van der Waals surface area contributed by atoms with Crippen molar-refractivity contribution in [1.82, 2.24) is 4.90 Å². The van der Waals surface area contributed by atoms with Crippen LogP contribution in [0.5, 0.6) is 5.75 Å². The Morgan fingerprint density at radius 3 is 2.38 bits per heavy atom. The highest BCUT2D eigenvalue weighted by molar-refractivity contribution is 5.46. The zero-order valence-corrected chi connectivity index (χ0v) is 17.4. The summed E-state index contributed by atoms with van der Waals surface area (Å²) in [5, 5.41) is 10.6. The predicted octanol–water partition coefficient (Wildman–Crippen LogP) is 4.10. The third-order valence-corrected chi connectivity index (χ3v) is 4.81. The van der Waals surface area contributed by atoms with Gasteiger partial charge in [0.25, 0.3) is 0 Å². The summed E-state index contributed by atoms with van der Waals surface area (Å²) in [6, 6.07) is 20.2. The van der Waals surface area contributed by atoms with Crippen molar-refractivity contribution in [1.29, 1.82) is 0 Å². The molecule has 0 fully saturated rings. The lowest BCUT2D eigenvalue weighted by atomic mass is 10.1. The van der Waals surface area contributed by atoms with Crippen LogP contribution in [0, 0.1) is 6.92 Å². The maximum absolute atomic E-state index is 10.6. The van der Waals surface area contributed by atoms with Gasteiger partial charge in [-0.25, -0.2) is 0 Å². The Morgan fingerprint density at radius 1 is 0.966 bits per heavy atom. The summed E-state index contributed by atoms with van der Waals surface area (Å²) < 4.78 is 11.3. The second kappa shape index (κ2) is 10.1. The monoisotopic (exact) mass is 394 g/mol. The minimum atomic E-state index is -0.606. The van der Waals surface area contributed by atoms with Crippen LogP contribution in [-0.4, -0.2) is 43.4 Å². The fraction of sp³-hybridized carbons (Fsp3) is 0.333. The third kappa shape index (κ3) is 6.38. The summed E-state index contributed by atoms with van der Waals surface area (Å²) >= 11 is 0. The van der Waals surface area contributed by atoms with Gasteiger partial charge in [0.1, 0.15) is 24.2 Å². The van der Waals surface area contributed by atoms with Gasteiger partial charge in [0.05, 0.1) is 12.8 Å². The van der Waals surface area contributed by atoms with Gasteiger partial charge in [-0.05, 0) is 48.4 Å². The summed E-state index contributed by atoms with van der Waals surface area (Å²) in [7, 11) is 4.06. The maximum Gasteiger partial charge on any atom is 0.122 e. The standard InChI is InChI=1S/C24H30N2O3/c1-19-7-4-5-9-24(19)29-18-22(27)16-26(17-23-8-6-14-28-23)15-20-10-12-21(13-11-20)25(2)3/h4-14,22,27H,15-18H2,1-3H3. The zero-order chi connectivity index (χ0) is 20.6. The molecule has 0 amide bonds. The highest BCUT2D eigenvalue weighted by atomic mass is 16.5. The van der Waals surface area contributed by atoms with Crippen LogP contribution in [-0.2, 0) is 13.1 Å². The lowest BCUT2D eigenvalue weighted by Gasteiger charge is -2.25. The summed E-state index contributed by atoms with van der Waals surface area (Å²) in [6.07, 6.45) is 1.07. The maximum atomic E-state index is 10.6. The normalized spacial score (nSPS) is 12.2. The molecule has 0 saturated carbocycles. The van der Waals surface area contributed by atoms with E-state index in [1.165, 1.54) is 5.56 Å². The quantitative estimate of drug-likeness (QED) is 0.561. The SMILES string of the molecule is Cc1ccccc1OCC(O)CN(Cc1ccc(N(C)C)cc1)Cc1ccco1. The number of nitrogens with zero attached hydrogens (tertiary/aromatic N) is 2. The van der Waals surface area contributed by atoms with Crippen molar-refractivity contribution in [3.05, 3.63) is 83.8 Å². The van der Waals surface area contributed by atoms with Crippen LogP contribution in [0.3, 0.4) is 0 Å². The van der Waals surface area contributed by atoms with Crippen LogP contribution in [0.1, 0.15) is 16.9 Å². The number of rotatable bonds is 10. The van der Waals surface area contributed by atoms with Crippen LogP contribution < -0.4 is 9.64 Å². The third-order valence-electron chi connectivity index (χ3n) is 4.81. The van der Waals surface area contributed by atoms with Crippen molar-refractivity contribution in [2.24, 2.45) is 0 Å². The molecule has 1 unspecified atom stereocenters. The highest BCUT2D eigenvalue weighted by Crippen LogP contribution is 2.18. The number of furan rings is 1. The predicted molar refractivity (Wildman–Crippen MR) is 116 cm³/mol. The zero-order valence-electron chi connectivity index (χ0n) is 17.4. The van der Waals surface area contributed by atoms with E-state index in [2.05, 4.69) is 34.1 Å². The molecule has 0 saturated heterocycles. The van der Waals surface area contributed by atoms with Gasteiger partial charge in [0, 0.05) is 32.9 Å². The molecule has 5 nitrogen and oxygen atoms in total. The van der Waals surface area contributed by atoms with Gasteiger partial charge < -0.3 is 19.2 Å². The van der Waals surface area contributed by atoms with Crippen LogP contribution in [0.2, 0.25) is 0 Å². The molecule has 3 rings (SSSR count). The molecule has 0 bridgehead atoms. The van der Waals surface area contributed by atoms with E-state index in [1.54, 1.807) is 6.26 Å². The number of ether oxygens (including phenoxy) is 1. The lowest BCUT2D eigenvalue weighted by Crippen LogP contribution is -2.35. The Balaban J connectivity index is 1.62. The second-order valence-corrected chi connectivity index (χ2v) is 7.54. The van der Waals surface area contributed by atoms with Crippen molar-refractivity contribution in [3.63, 3.8) is 0 Å². The molecule has 5 heteroatoms. The molecule has 29 heavy (non-hydrogen) atoms. The number of benzene rings is 2. The van der Waals surface area contributed by atoms with Crippen molar-refractivity contribution in [3.8, 4) is 5.75 Å². The number of para-hydroxylation sites is 1. The number of aliphatic hydroxyl groups excluding tert-OH is 1. The smallest absolute Gasteiger partial charge is 0.122 e. The van der Waals surface area contributed by atoms with Gasteiger partial charge >= 0.3 is 0 Å². The van der Waals surface area contributed by atoms with Crippen molar-refractivity contribution >= 4 is 5.69 Å². The van der Waals surface area contributed by atoms with E-state index in [0.717, 1.165) is 29.3 Å². The van der Waals surface area contributed by atoms with Gasteiger partial charge in [-0.15, -0.1) is 0 Å². The average molecular weight is 395 g/mol. The molecule has 1 atom stereocenters. The Kier molecular flexibility index (Phi) is 7.33. The molecule has 1 aromatic heterocycles. The Bertz CT molecular complexity index is 860. The van der Waals surface area contributed by atoms with Gasteiger partial charge in [-0.2, -0.15) is 0 Å². The van der Waals surface area contributed by atoms with Crippen LogP contribution in [0.4, 0.5) is 5.69 Å². The molecule has 0 aliphatic rings. The number of aliphatic hydroxyl groups is 1. The number of hydrogen-bond acceptors (Lipinski definition) is 5. The molecule has 1 N–H and O–H groups in total. The summed E-state index contributed by atoms with van der Waals surface area (Å²) in [6.45, 7) is 4.09. The van der Waals surface area contributed by atoms with Crippen LogP contribution in [0.25, 0.3) is 0 Å². The first-order valence-corrected chi connectivity index (χ1v) is 9.89. The molecular weight excluding hydrogens is 364 g/mol. The lowest BCUT2D eigenvalue weighted by molar-refractivity contribution is 0.0602. The van der Waals surface area contributed by atoms with Gasteiger partial charge in [0.2, 0.25) is 0 Å². The van der Waals surface area contributed by atoms with E-state index < -0.39 is 6.10 Å². The Hall–Kier alpha value is -2.76. The van der Waals surface area contributed by atoms with E-state index in [9.17, 15) is 5.11 Å². The number of hydrogen-bond donors (Lipinski definition) is 1. The van der Waals surface area contributed by atoms with E-state index in [4.69, 9.17) is 9.15 Å². The molecule has 1 heterocycles. The average Bonchev–Trinajstić information content (AvgIpc) is 3.21. The Morgan fingerprint density at radius 2 is 1.72 bits per heavy atom. The first kappa shape index (κ1) is 21.0. The highest BCUT2D eigenvalue weighted by Gasteiger charge is 2.15. The van der Waals surface area contributed by atoms with Gasteiger partial charge in [-0.3, -0.25) is 4.90 Å². The first-order valence-electron chi connectivity index (χ1n) is 9.89. The van der Waals surface area contributed by atoms with Gasteiger partial charge in [-0.1, -0.05) is 30.3 Å². The molecule has 0 aliphatic carbocycles. The van der Waals surface area contributed by atoms with Crippen molar-refractivity contribution in [2.45, 2.75) is 26.1 Å². The largest absolute Gasteiger partial charge is 0.491 e. The molecule has 0 radical (unpaired) electrons. The van der Waals surface area contributed by atoms with Crippen LogP contribution in [0.15, 0.2) is 71.3 Å². The molecule has 0 aliphatic heterocycles. The van der Waals surface area contributed by atoms with Crippen LogP contribution >= 0.6 is 0 Å². The van der Waals surface area contributed by atoms with Crippen molar-refractivity contribution < 1.29 is 14.3 Å².